The Morgan fingerprint density at radius 1 is 1.11 bits per heavy atom. The molecule has 0 spiro atoms. The Morgan fingerprint density at radius 3 is 2.44 bits per heavy atom. The van der Waals surface area contributed by atoms with Crippen LogP contribution in [0.15, 0.2) is 24.3 Å². The largest absolute Gasteiger partial charge is 0.298 e. The lowest BCUT2D eigenvalue weighted by molar-refractivity contribution is 0.112. The van der Waals surface area contributed by atoms with Crippen molar-refractivity contribution in [1.82, 2.24) is 0 Å². The minimum Gasteiger partial charge on any atom is -0.298 e. The van der Waals surface area contributed by atoms with Crippen LogP contribution in [-0.4, -0.2) is 6.29 Å². The maximum absolute atomic E-state index is 11.0. The predicted octanol–water partition coefficient (Wildman–Crippen LogP) is 4.65. The molecular formula is C17H24O. The number of rotatable bonds is 5. The van der Waals surface area contributed by atoms with Gasteiger partial charge in [0.1, 0.15) is 6.29 Å². The predicted molar refractivity (Wildman–Crippen MR) is 75.9 cm³/mol. The van der Waals surface area contributed by atoms with Crippen LogP contribution in [0.25, 0.3) is 0 Å². The number of benzene rings is 1. The Labute approximate surface area is 111 Å². The summed E-state index contributed by atoms with van der Waals surface area (Å²) in [4.78, 5) is 11.0. The summed E-state index contributed by atoms with van der Waals surface area (Å²) in [7, 11) is 0. The van der Waals surface area contributed by atoms with Crippen molar-refractivity contribution in [3.8, 4) is 0 Å². The van der Waals surface area contributed by atoms with E-state index in [1.54, 1.807) is 0 Å². The first-order valence-corrected chi connectivity index (χ1v) is 7.36. The molecule has 0 heterocycles. The van der Waals surface area contributed by atoms with Gasteiger partial charge in [0, 0.05) is 5.56 Å². The quantitative estimate of drug-likeness (QED) is 0.689. The smallest absolute Gasteiger partial charge is 0.150 e. The topological polar surface area (TPSA) is 17.1 Å². The zero-order valence-electron chi connectivity index (χ0n) is 11.4. The molecule has 0 N–H and O–H groups in total. The third-order valence-electron chi connectivity index (χ3n) is 4.35. The van der Waals surface area contributed by atoms with E-state index in [1.165, 1.54) is 44.1 Å². The molecule has 1 fully saturated rings. The summed E-state index contributed by atoms with van der Waals surface area (Å²) >= 11 is 0. The van der Waals surface area contributed by atoms with Gasteiger partial charge in [-0.1, -0.05) is 56.9 Å². The second-order valence-electron chi connectivity index (χ2n) is 5.70. The number of carbonyl (C=O) groups is 1. The number of aldehydes is 1. The molecule has 1 aliphatic carbocycles. The van der Waals surface area contributed by atoms with Crippen LogP contribution in [0.3, 0.4) is 0 Å². The highest BCUT2D eigenvalue weighted by molar-refractivity contribution is 5.77. The van der Waals surface area contributed by atoms with Crippen LogP contribution in [0.4, 0.5) is 0 Å². The molecular weight excluding hydrogens is 220 g/mol. The van der Waals surface area contributed by atoms with E-state index in [2.05, 4.69) is 13.0 Å². The van der Waals surface area contributed by atoms with Crippen molar-refractivity contribution in [2.75, 3.05) is 0 Å². The second-order valence-corrected chi connectivity index (χ2v) is 5.70. The molecule has 98 valence electrons. The number of hydrogen-bond donors (Lipinski definition) is 0. The van der Waals surface area contributed by atoms with Gasteiger partial charge in [-0.05, 0) is 36.7 Å². The fourth-order valence-corrected chi connectivity index (χ4v) is 3.28. The monoisotopic (exact) mass is 244 g/mol. The molecule has 1 aliphatic rings. The zero-order valence-corrected chi connectivity index (χ0v) is 11.4. The van der Waals surface area contributed by atoms with Crippen molar-refractivity contribution in [2.45, 2.75) is 51.9 Å². The maximum Gasteiger partial charge on any atom is 0.150 e. The highest BCUT2D eigenvalue weighted by Crippen LogP contribution is 2.33. The molecule has 1 aromatic rings. The first-order chi connectivity index (χ1) is 8.83. The molecule has 18 heavy (non-hydrogen) atoms. The van der Waals surface area contributed by atoms with E-state index in [9.17, 15) is 4.79 Å². The van der Waals surface area contributed by atoms with Crippen LogP contribution < -0.4 is 0 Å². The van der Waals surface area contributed by atoms with Crippen LogP contribution in [0.2, 0.25) is 0 Å². The van der Waals surface area contributed by atoms with Crippen LogP contribution in [0, 0.1) is 11.8 Å². The summed E-state index contributed by atoms with van der Waals surface area (Å²) in [6, 6.07) is 8.04. The van der Waals surface area contributed by atoms with Crippen molar-refractivity contribution in [1.29, 1.82) is 0 Å². The summed E-state index contributed by atoms with van der Waals surface area (Å²) in [5.41, 5.74) is 2.12. The third kappa shape index (κ3) is 3.44. The lowest BCUT2D eigenvalue weighted by Crippen LogP contribution is -2.16. The third-order valence-corrected chi connectivity index (χ3v) is 4.35. The maximum atomic E-state index is 11.0. The van der Waals surface area contributed by atoms with Crippen molar-refractivity contribution < 1.29 is 4.79 Å². The fourth-order valence-electron chi connectivity index (χ4n) is 3.28. The minimum atomic E-state index is 0.791. The Hall–Kier alpha value is -1.11. The van der Waals surface area contributed by atoms with Crippen LogP contribution in [-0.2, 0) is 6.42 Å². The second kappa shape index (κ2) is 6.72. The van der Waals surface area contributed by atoms with E-state index >= 15 is 0 Å². The molecule has 1 heteroatoms. The Bertz CT molecular complexity index is 375. The van der Waals surface area contributed by atoms with E-state index in [0.717, 1.165) is 30.1 Å². The summed E-state index contributed by atoms with van der Waals surface area (Å²) in [5, 5.41) is 0. The number of hydrogen-bond acceptors (Lipinski definition) is 1. The Balaban J connectivity index is 1.89. The van der Waals surface area contributed by atoms with E-state index < -0.39 is 0 Å². The molecule has 0 radical (unpaired) electrons. The number of carbonyl (C=O) groups excluding carboxylic acids is 1. The van der Waals surface area contributed by atoms with Crippen LogP contribution >= 0.6 is 0 Å². The van der Waals surface area contributed by atoms with Crippen LogP contribution in [0.1, 0.15) is 61.4 Å². The fraction of sp³-hybridized carbons (Fsp3) is 0.588. The summed E-state index contributed by atoms with van der Waals surface area (Å²) in [6.07, 6.45) is 10.3. The van der Waals surface area contributed by atoms with Gasteiger partial charge in [-0.2, -0.15) is 0 Å². The molecule has 0 saturated heterocycles. The Kier molecular flexibility index (Phi) is 4.98. The standard InChI is InChI=1S/C17H24O/c1-2-5-14-8-10-15(11-9-14)12-16-6-3-4-7-17(16)13-18/h3-4,6-7,13-15H,2,5,8-12H2,1H3. The first kappa shape index (κ1) is 13.3. The normalized spacial score (nSPS) is 23.8. The molecule has 0 atom stereocenters. The van der Waals surface area contributed by atoms with Crippen molar-refractivity contribution >= 4 is 6.29 Å². The van der Waals surface area contributed by atoms with Crippen LogP contribution in [0.5, 0.6) is 0 Å². The molecule has 1 nitrogen and oxygen atoms in total. The molecule has 1 aromatic carbocycles. The lowest BCUT2D eigenvalue weighted by atomic mass is 9.77. The van der Waals surface area contributed by atoms with Crippen molar-refractivity contribution in [2.24, 2.45) is 11.8 Å². The zero-order chi connectivity index (χ0) is 12.8. The molecule has 0 aromatic heterocycles. The van der Waals surface area contributed by atoms with E-state index in [1.807, 2.05) is 18.2 Å². The lowest BCUT2D eigenvalue weighted by Gasteiger charge is -2.28. The molecule has 1 saturated carbocycles. The summed E-state index contributed by atoms with van der Waals surface area (Å²) in [6.45, 7) is 2.28. The highest BCUT2D eigenvalue weighted by atomic mass is 16.1. The first-order valence-electron chi connectivity index (χ1n) is 7.36. The van der Waals surface area contributed by atoms with E-state index in [-0.39, 0.29) is 0 Å². The van der Waals surface area contributed by atoms with Gasteiger partial charge < -0.3 is 0 Å². The molecule has 0 bridgehead atoms. The summed E-state index contributed by atoms with van der Waals surface area (Å²) in [5.74, 6) is 1.76. The Morgan fingerprint density at radius 2 is 1.78 bits per heavy atom. The van der Waals surface area contributed by atoms with Gasteiger partial charge >= 0.3 is 0 Å². The van der Waals surface area contributed by atoms with Gasteiger partial charge in [0.25, 0.3) is 0 Å². The van der Waals surface area contributed by atoms with Crippen molar-refractivity contribution in [3.63, 3.8) is 0 Å². The molecule has 2 rings (SSSR count). The van der Waals surface area contributed by atoms with E-state index in [4.69, 9.17) is 0 Å². The molecule has 0 aliphatic heterocycles. The van der Waals surface area contributed by atoms with Gasteiger partial charge in [0.05, 0.1) is 0 Å². The minimum absolute atomic E-state index is 0.791. The van der Waals surface area contributed by atoms with Gasteiger partial charge in [-0.3, -0.25) is 4.79 Å². The van der Waals surface area contributed by atoms with Gasteiger partial charge in [-0.25, -0.2) is 0 Å². The van der Waals surface area contributed by atoms with Gasteiger partial charge in [0.2, 0.25) is 0 Å². The SMILES string of the molecule is CCCC1CCC(Cc2ccccc2C=O)CC1. The van der Waals surface area contributed by atoms with Gasteiger partial charge in [-0.15, -0.1) is 0 Å². The average molecular weight is 244 g/mol. The highest BCUT2D eigenvalue weighted by Gasteiger charge is 2.21. The van der Waals surface area contributed by atoms with Gasteiger partial charge in [0.15, 0.2) is 0 Å². The molecule has 0 unspecified atom stereocenters. The summed E-state index contributed by atoms with van der Waals surface area (Å²) < 4.78 is 0. The average Bonchev–Trinajstić information content (AvgIpc) is 2.42. The molecule has 0 amide bonds. The van der Waals surface area contributed by atoms with E-state index in [0.29, 0.717) is 0 Å². The van der Waals surface area contributed by atoms with Crippen molar-refractivity contribution in [3.05, 3.63) is 35.4 Å².